The fraction of sp³-hybridized carbons (Fsp3) is 0.214. The van der Waals surface area contributed by atoms with Gasteiger partial charge in [0.25, 0.3) is 0 Å². The van der Waals surface area contributed by atoms with E-state index < -0.39 is 0 Å². The highest BCUT2D eigenvalue weighted by molar-refractivity contribution is 9.10. The first-order valence-corrected chi connectivity index (χ1v) is 6.80. The summed E-state index contributed by atoms with van der Waals surface area (Å²) in [5.74, 6) is -0.352. The van der Waals surface area contributed by atoms with Crippen molar-refractivity contribution in [2.75, 3.05) is 17.2 Å². The summed E-state index contributed by atoms with van der Waals surface area (Å²) in [4.78, 5) is 6.35. The molecule has 1 heterocycles. The molecule has 0 atom stereocenters. The van der Waals surface area contributed by atoms with Crippen LogP contribution in [0.1, 0.15) is 12.6 Å². The molecule has 100 valence electrons. The molecule has 0 bridgehead atoms. The van der Waals surface area contributed by atoms with Crippen molar-refractivity contribution in [3.8, 4) is 0 Å². The second-order valence-corrected chi connectivity index (χ2v) is 5.01. The molecule has 0 saturated heterocycles. The van der Waals surface area contributed by atoms with Crippen LogP contribution in [-0.2, 0) is 6.54 Å². The summed E-state index contributed by atoms with van der Waals surface area (Å²) in [6.07, 6.45) is 1.76. The highest BCUT2D eigenvalue weighted by Crippen LogP contribution is 2.30. The van der Waals surface area contributed by atoms with E-state index in [0.29, 0.717) is 16.7 Å². The standard InChI is InChI=1S/C14H15BrFN3/c1-2-19(9-10-5-3-4-6-18-10)14-7-11(15)12(16)8-13(14)17/h3-8H,2,9,17H2,1H3. The molecule has 1 aromatic carbocycles. The molecule has 0 radical (unpaired) electrons. The van der Waals surface area contributed by atoms with Gasteiger partial charge in [0.15, 0.2) is 0 Å². The van der Waals surface area contributed by atoms with Gasteiger partial charge in [-0.2, -0.15) is 0 Å². The van der Waals surface area contributed by atoms with Crippen LogP contribution < -0.4 is 10.6 Å². The van der Waals surface area contributed by atoms with E-state index in [4.69, 9.17) is 5.73 Å². The summed E-state index contributed by atoms with van der Waals surface area (Å²) < 4.78 is 13.8. The Morgan fingerprint density at radius 1 is 1.37 bits per heavy atom. The minimum absolute atomic E-state index is 0.352. The van der Waals surface area contributed by atoms with Crippen molar-refractivity contribution in [3.63, 3.8) is 0 Å². The molecule has 0 aliphatic carbocycles. The third-order valence-electron chi connectivity index (χ3n) is 2.87. The number of nitrogens with two attached hydrogens (primary N) is 1. The number of nitrogen functional groups attached to an aromatic ring is 1. The molecule has 19 heavy (non-hydrogen) atoms. The summed E-state index contributed by atoms with van der Waals surface area (Å²) in [6, 6.07) is 8.82. The number of benzene rings is 1. The Kier molecular flexibility index (Phi) is 4.37. The van der Waals surface area contributed by atoms with Crippen molar-refractivity contribution >= 4 is 27.3 Å². The SMILES string of the molecule is CCN(Cc1ccccn1)c1cc(Br)c(F)cc1N. The number of hydrogen-bond acceptors (Lipinski definition) is 3. The number of rotatable bonds is 4. The van der Waals surface area contributed by atoms with E-state index in [-0.39, 0.29) is 5.82 Å². The zero-order valence-electron chi connectivity index (χ0n) is 10.6. The summed E-state index contributed by atoms with van der Waals surface area (Å²) >= 11 is 3.19. The summed E-state index contributed by atoms with van der Waals surface area (Å²) in [5, 5.41) is 0. The maximum atomic E-state index is 13.4. The number of aromatic nitrogens is 1. The molecule has 0 fully saturated rings. The second kappa shape index (κ2) is 6.02. The predicted molar refractivity (Wildman–Crippen MR) is 79.5 cm³/mol. The van der Waals surface area contributed by atoms with E-state index in [1.165, 1.54) is 6.07 Å². The third-order valence-corrected chi connectivity index (χ3v) is 3.48. The fourth-order valence-corrected chi connectivity index (χ4v) is 2.21. The van der Waals surface area contributed by atoms with Gasteiger partial charge in [0.05, 0.1) is 28.1 Å². The van der Waals surface area contributed by atoms with Gasteiger partial charge in [0.1, 0.15) is 5.82 Å². The van der Waals surface area contributed by atoms with Crippen molar-refractivity contribution in [2.24, 2.45) is 0 Å². The van der Waals surface area contributed by atoms with Crippen molar-refractivity contribution in [2.45, 2.75) is 13.5 Å². The molecule has 0 saturated carbocycles. The van der Waals surface area contributed by atoms with Crippen molar-refractivity contribution in [3.05, 3.63) is 52.5 Å². The van der Waals surface area contributed by atoms with Gasteiger partial charge in [-0.25, -0.2) is 4.39 Å². The van der Waals surface area contributed by atoms with E-state index >= 15 is 0 Å². The zero-order valence-corrected chi connectivity index (χ0v) is 12.2. The lowest BCUT2D eigenvalue weighted by atomic mass is 10.2. The quantitative estimate of drug-likeness (QED) is 0.874. The number of anilines is 2. The molecule has 1 aromatic heterocycles. The highest BCUT2D eigenvalue weighted by atomic mass is 79.9. The van der Waals surface area contributed by atoms with E-state index in [1.54, 1.807) is 12.3 Å². The summed E-state index contributed by atoms with van der Waals surface area (Å²) in [7, 11) is 0. The lowest BCUT2D eigenvalue weighted by Gasteiger charge is -2.24. The molecular weight excluding hydrogens is 309 g/mol. The van der Waals surface area contributed by atoms with Gasteiger partial charge in [0, 0.05) is 18.8 Å². The summed E-state index contributed by atoms with van der Waals surface area (Å²) in [6.45, 7) is 3.43. The van der Waals surface area contributed by atoms with E-state index in [2.05, 4.69) is 25.8 Å². The topological polar surface area (TPSA) is 42.2 Å². The first-order valence-electron chi connectivity index (χ1n) is 6.01. The Balaban J connectivity index is 2.30. The van der Waals surface area contributed by atoms with Crippen LogP contribution in [0.5, 0.6) is 0 Å². The van der Waals surface area contributed by atoms with Crippen LogP contribution in [0, 0.1) is 5.82 Å². The van der Waals surface area contributed by atoms with Gasteiger partial charge in [-0.15, -0.1) is 0 Å². The minimum Gasteiger partial charge on any atom is -0.397 e. The van der Waals surface area contributed by atoms with Crippen molar-refractivity contribution in [1.82, 2.24) is 4.98 Å². The molecule has 0 unspecified atom stereocenters. The Labute approximate surface area is 120 Å². The molecule has 5 heteroatoms. The minimum atomic E-state index is -0.352. The van der Waals surface area contributed by atoms with Gasteiger partial charge in [0.2, 0.25) is 0 Å². The van der Waals surface area contributed by atoms with Gasteiger partial charge >= 0.3 is 0 Å². The Hall–Kier alpha value is -1.62. The van der Waals surface area contributed by atoms with Crippen LogP contribution in [0.2, 0.25) is 0 Å². The number of nitrogens with zero attached hydrogens (tertiary/aromatic N) is 2. The highest BCUT2D eigenvalue weighted by Gasteiger charge is 2.12. The lowest BCUT2D eigenvalue weighted by Crippen LogP contribution is -2.23. The van der Waals surface area contributed by atoms with Gasteiger partial charge in [-0.1, -0.05) is 6.07 Å². The van der Waals surface area contributed by atoms with Crippen molar-refractivity contribution < 1.29 is 4.39 Å². The molecule has 2 rings (SSSR count). The molecule has 3 nitrogen and oxygen atoms in total. The summed E-state index contributed by atoms with van der Waals surface area (Å²) in [5.41, 5.74) is 8.08. The van der Waals surface area contributed by atoms with Crippen LogP contribution in [0.3, 0.4) is 0 Å². The van der Waals surface area contributed by atoms with Gasteiger partial charge in [-0.3, -0.25) is 4.98 Å². The smallest absolute Gasteiger partial charge is 0.139 e. The second-order valence-electron chi connectivity index (χ2n) is 4.16. The van der Waals surface area contributed by atoms with Crippen LogP contribution in [0.15, 0.2) is 41.0 Å². The van der Waals surface area contributed by atoms with E-state index in [1.807, 2.05) is 25.1 Å². The van der Waals surface area contributed by atoms with Crippen LogP contribution >= 0.6 is 15.9 Å². The van der Waals surface area contributed by atoms with Crippen LogP contribution in [-0.4, -0.2) is 11.5 Å². The first kappa shape index (κ1) is 13.8. The van der Waals surface area contributed by atoms with Gasteiger partial charge in [-0.05, 0) is 41.1 Å². The third kappa shape index (κ3) is 3.23. The maximum absolute atomic E-state index is 13.4. The normalized spacial score (nSPS) is 10.5. The molecule has 0 aliphatic heterocycles. The largest absolute Gasteiger partial charge is 0.397 e. The molecule has 0 amide bonds. The molecule has 0 aliphatic rings. The Bertz CT molecular complexity index is 560. The molecule has 2 aromatic rings. The van der Waals surface area contributed by atoms with Crippen molar-refractivity contribution in [1.29, 1.82) is 0 Å². The average molecular weight is 324 g/mol. The monoisotopic (exact) mass is 323 g/mol. The number of hydrogen-bond donors (Lipinski definition) is 1. The van der Waals surface area contributed by atoms with Crippen LogP contribution in [0.25, 0.3) is 0 Å². The molecule has 2 N–H and O–H groups in total. The van der Waals surface area contributed by atoms with E-state index in [0.717, 1.165) is 17.9 Å². The average Bonchev–Trinajstić information content (AvgIpc) is 2.42. The Morgan fingerprint density at radius 2 is 2.16 bits per heavy atom. The fourth-order valence-electron chi connectivity index (χ4n) is 1.88. The lowest BCUT2D eigenvalue weighted by molar-refractivity contribution is 0.621. The Morgan fingerprint density at radius 3 is 2.79 bits per heavy atom. The number of pyridine rings is 1. The molecule has 0 spiro atoms. The first-order chi connectivity index (χ1) is 9.11. The molecular formula is C14H15BrFN3. The van der Waals surface area contributed by atoms with Crippen LogP contribution in [0.4, 0.5) is 15.8 Å². The predicted octanol–water partition coefficient (Wildman–Crippen LogP) is 3.59. The van der Waals surface area contributed by atoms with Gasteiger partial charge < -0.3 is 10.6 Å². The van der Waals surface area contributed by atoms with E-state index in [9.17, 15) is 4.39 Å². The maximum Gasteiger partial charge on any atom is 0.139 e. The zero-order chi connectivity index (χ0) is 13.8. The number of halogens is 2.